The molecule has 0 radical (unpaired) electrons. The lowest BCUT2D eigenvalue weighted by Crippen LogP contribution is -2.23. The van der Waals surface area contributed by atoms with E-state index < -0.39 is 0 Å². The highest BCUT2D eigenvalue weighted by molar-refractivity contribution is 7.23. The number of methoxy groups -OCH3 is 1. The molecule has 4 aromatic rings. The van der Waals surface area contributed by atoms with Gasteiger partial charge in [-0.25, -0.2) is 4.98 Å². The first-order valence-electron chi connectivity index (χ1n) is 9.13. The fourth-order valence-corrected chi connectivity index (χ4v) is 5.60. The number of benzene rings is 1. The van der Waals surface area contributed by atoms with Crippen molar-refractivity contribution in [1.82, 2.24) is 9.38 Å². The molecule has 3 heterocycles. The number of hydrogen-bond acceptors (Lipinski definition) is 5. The fourth-order valence-electron chi connectivity index (χ4n) is 3.84. The van der Waals surface area contributed by atoms with Crippen molar-refractivity contribution < 1.29 is 4.74 Å². The maximum absolute atomic E-state index is 5.39. The molecular formula is C20H21N3OS2. The van der Waals surface area contributed by atoms with Gasteiger partial charge in [-0.3, -0.25) is 4.40 Å². The summed E-state index contributed by atoms with van der Waals surface area (Å²) >= 11 is 3.47. The molecule has 3 aromatic heterocycles. The Balaban J connectivity index is 1.69. The van der Waals surface area contributed by atoms with Crippen molar-refractivity contribution in [1.29, 1.82) is 0 Å². The van der Waals surface area contributed by atoms with Crippen LogP contribution in [0.25, 0.3) is 25.7 Å². The molecule has 0 bridgehead atoms. The van der Waals surface area contributed by atoms with Gasteiger partial charge in [0.2, 0.25) is 0 Å². The van der Waals surface area contributed by atoms with Gasteiger partial charge in [0.15, 0.2) is 4.96 Å². The Morgan fingerprint density at radius 1 is 1.19 bits per heavy atom. The number of thiophene rings is 1. The molecule has 1 saturated carbocycles. The van der Waals surface area contributed by atoms with E-state index >= 15 is 0 Å². The fraction of sp³-hybridized carbons (Fsp3) is 0.350. The Morgan fingerprint density at radius 3 is 2.85 bits per heavy atom. The summed E-state index contributed by atoms with van der Waals surface area (Å²) < 4.78 is 8.89. The first-order valence-corrected chi connectivity index (χ1v) is 10.8. The van der Waals surface area contributed by atoms with Crippen LogP contribution in [0.5, 0.6) is 5.75 Å². The molecular weight excluding hydrogens is 362 g/mol. The summed E-state index contributed by atoms with van der Waals surface area (Å²) in [4.78, 5) is 7.26. The standard InChI is InChI=1S/C20H21N3OS2/c1-24-14-9-10-15-17(12-14)26-20-22-18(16-8-5-11-25-16)19(23(15)20)21-13-6-3-2-4-7-13/h5,8-13,21H,2-4,6-7H2,1H3. The van der Waals surface area contributed by atoms with Gasteiger partial charge in [-0.1, -0.05) is 36.7 Å². The second-order valence-corrected chi connectivity index (χ2v) is 8.78. The molecule has 0 amide bonds. The van der Waals surface area contributed by atoms with Crippen LogP contribution in [0.3, 0.4) is 0 Å². The highest BCUT2D eigenvalue weighted by Crippen LogP contribution is 2.39. The molecule has 5 rings (SSSR count). The van der Waals surface area contributed by atoms with E-state index in [9.17, 15) is 0 Å². The lowest BCUT2D eigenvalue weighted by Gasteiger charge is -2.24. The summed E-state index contributed by atoms with van der Waals surface area (Å²) in [5.41, 5.74) is 2.27. The summed E-state index contributed by atoms with van der Waals surface area (Å²) in [6, 6.07) is 11.1. The minimum Gasteiger partial charge on any atom is -0.497 e. The van der Waals surface area contributed by atoms with Gasteiger partial charge in [-0.2, -0.15) is 0 Å². The van der Waals surface area contributed by atoms with Gasteiger partial charge in [0, 0.05) is 6.04 Å². The number of ether oxygens (including phenoxy) is 1. The zero-order chi connectivity index (χ0) is 17.5. The van der Waals surface area contributed by atoms with Gasteiger partial charge in [0.05, 0.1) is 22.2 Å². The molecule has 6 heteroatoms. The van der Waals surface area contributed by atoms with Crippen molar-refractivity contribution in [3.05, 3.63) is 35.7 Å². The van der Waals surface area contributed by atoms with Gasteiger partial charge in [0.25, 0.3) is 0 Å². The Morgan fingerprint density at radius 2 is 2.08 bits per heavy atom. The van der Waals surface area contributed by atoms with Crippen molar-refractivity contribution in [3.63, 3.8) is 0 Å². The number of hydrogen-bond donors (Lipinski definition) is 1. The number of fused-ring (bicyclic) bond motifs is 3. The third-order valence-corrected chi connectivity index (χ3v) is 7.04. The summed E-state index contributed by atoms with van der Waals surface area (Å²) in [6.45, 7) is 0. The Labute approximate surface area is 160 Å². The number of nitrogens with one attached hydrogen (secondary N) is 1. The molecule has 0 aliphatic heterocycles. The van der Waals surface area contributed by atoms with Crippen LogP contribution >= 0.6 is 22.7 Å². The second kappa shape index (κ2) is 6.59. The van der Waals surface area contributed by atoms with E-state index in [2.05, 4.69) is 39.4 Å². The molecule has 1 fully saturated rings. The van der Waals surface area contributed by atoms with Gasteiger partial charge in [-0.05, 0) is 42.5 Å². The molecule has 0 unspecified atom stereocenters. The summed E-state index contributed by atoms with van der Waals surface area (Å²) in [6.07, 6.45) is 6.48. The van der Waals surface area contributed by atoms with Crippen LogP contribution in [-0.4, -0.2) is 22.5 Å². The first kappa shape index (κ1) is 16.1. The largest absolute Gasteiger partial charge is 0.497 e. The van der Waals surface area contributed by atoms with Crippen LogP contribution in [-0.2, 0) is 0 Å². The van der Waals surface area contributed by atoms with Crippen molar-refractivity contribution in [2.75, 3.05) is 12.4 Å². The quantitative estimate of drug-likeness (QED) is 0.467. The molecule has 1 aliphatic carbocycles. The lowest BCUT2D eigenvalue weighted by atomic mass is 9.95. The van der Waals surface area contributed by atoms with Gasteiger partial charge in [-0.15, -0.1) is 11.3 Å². The number of nitrogens with zero attached hydrogens (tertiary/aromatic N) is 2. The zero-order valence-corrected chi connectivity index (χ0v) is 16.3. The number of thiazole rings is 1. The highest BCUT2D eigenvalue weighted by atomic mass is 32.1. The van der Waals surface area contributed by atoms with Gasteiger partial charge < -0.3 is 10.1 Å². The van der Waals surface area contributed by atoms with Crippen LogP contribution in [0, 0.1) is 0 Å². The molecule has 1 N–H and O–H groups in total. The monoisotopic (exact) mass is 383 g/mol. The van der Waals surface area contributed by atoms with E-state index in [-0.39, 0.29) is 0 Å². The van der Waals surface area contributed by atoms with E-state index in [1.165, 1.54) is 47.2 Å². The van der Waals surface area contributed by atoms with Gasteiger partial charge in [0.1, 0.15) is 17.3 Å². The van der Waals surface area contributed by atoms with E-state index in [1.807, 2.05) is 6.07 Å². The molecule has 0 spiro atoms. The van der Waals surface area contributed by atoms with E-state index in [0.717, 1.165) is 22.2 Å². The smallest absolute Gasteiger partial charge is 0.197 e. The average molecular weight is 384 g/mol. The van der Waals surface area contributed by atoms with Crippen LogP contribution in [0.2, 0.25) is 0 Å². The molecule has 26 heavy (non-hydrogen) atoms. The minimum absolute atomic E-state index is 0.538. The van der Waals surface area contributed by atoms with E-state index in [4.69, 9.17) is 9.72 Å². The molecule has 1 aromatic carbocycles. The molecule has 4 nitrogen and oxygen atoms in total. The lowest BCUT2D eigenvalue weighted by molar-refractivity contribution is 0.415. The van der Waals surface area contributed by atoms with Crippen molar-refractivity contribution in [2.45, 2.75) is 38.1 Å². The Bertz CT molecular complexity index is 1040. The molecule has 134 valence electrons. The summed E-state index contributed by atoms with van der Waals surface area (Å²) in [7, 11) is 1.71. The van der Waals surface area contributed by atoms with Gasteiger partial charge >= 0.3 is 0 Å². The zero-order valence-electron chi connectivity index (χ0n) is 14.7. The summed E-state index contributed by atoms with van der Waals surface area (Å²) in [5, 5.41) is 5.97. The number of aromatic nitrogens is 2. The van der Waals surface area contributed by atoms with Crippen molar-refractivity contribution >= 4 is 43.7 Å². The maximum Gasteiger partial charge on any atom is 0.197 e. The number of imidazole rings is 1. The van der Waals surface area contributed by atoms with E-state index in [1.54, 1.807) is 29.8 Å². The predicted octanol–water partition coefficient (Wildman–Crippen LogP) is 6.03. The second-order valence-electron chi connectivity index (χ2n) is 6.82. The topological polar surface area (TPSA) is 38.6 Å². The minimum atomic E-state index is 0.538. The van der Waals surface area contributed by atoms with Crippen LogP contribution in [0.15, 0.2) is 35.7 Å². The highest BCUT2D eigenvalue weighted by Gasteiger charge is 2.22. The summed E-state index contributed by atoms with van der Waals surface area (Å²) in [5.74, 6) is 2.04. The number of rotatable bonds is 4. The molecule has 1 aliphatic rings. The van der Waals surface area contributed by atoms with Crippen LogP contribution in [0.4, 0.5) is 5.82 Å². The molecule has 0 atom stereocenters. The molecule has 0 saturated heterocycles. The van der Waals surface area contributed by atoms with Crippen LogP contribution < -0.4 is 10.1 Å². The third kappa shape index (κ3) is 2.68. The van der Waals surface area contributed by atoms with E-state index in [0.29, 0.717) is 6.04 Å². The third-order valence-electron chi connectivity index (χ3n) is 5.16. The first-order chi connectivity index (χ1) is 12.8. The Hall–Kier alpha value is -2.05. The normalized spacial score (nSPS) is 15.7. The van der Waals surface area contributed by atoms with Crippen molar-refractivity contribution in [3.8, 4) is 16.3 Å². The predicted molar refractivity (Wildman–Crippen MR) is 111 cm³/mol. The maximum atomic E-state index is 5.39. The Kier molecular flexibility index (Phi) is 4.10. The number of anilines is 1. The SMILES string of the molecule is COc1ccc2c(c1)sc1nc(-c3cccs3)c(NC3CCCCC3)n12. The van der Waals surface area contributed by atoms with Crippen molar-refractivity contribution in [2.24, 2.45) is 0 Å². The van der Waals surface area contributed by atoms with Crippen LogP contribution in [0.1, 0.15) is 32.1 Å². The average Bonchev–Trinajstić information content (AvgIpc) is 3.38.